The van der Waals surface area contributed by atoms with Crippen molar-refractivity contribution in [3.05, 3.63) is 27.7 Å². The van der Waals surface area contributed by atoms with Crippen LogP contribution in [0.15, 0.2) is 27.6 Å². The molecular formula is C12H14Br2ClNO2S. The summed E-state index contributed by atoms with van der Waals surface area (Å²) >= 11 is 12.6. The average molecular weight is 432 g/mol. The van der Waals surface area contributed by atoms with Crippen molar-refractivity contribution < 1.29 is 8.42 Å². The van der Waals surface area contributed by atoms with Crippen LogP contribution in [-0.4, -0.2) is 31.1 Å². The lowest BCUT2D eigenvalue weighted by Crippen LogP contribution is -2.40. The first-order valence-electron chi connectivity index (χ1n) is 5.96. The van der Waals surface area contributed by atoms with Crippen LogP contribution in [-0.2, 0) is 10.0 Å². The van der Waals surface area contributed by atoms with Gasteiger partial charge in [-0.25, -0.2) is 8.42 Å². The van der Waals surface area contributed by atoms with Crippen LogP contribution in [0.5, 0.6) is 0 Å². The van der Waals surface area contributed by atoms with Gasteiger partial charge in [-0.2, -0.15) is 4.31 Å². The number of hydrogen-bond donors (Lipinski definition) is 0. The topological polar surface area (TPSA) is 37.4 Å². The monoisotopic (exact) mass is 429 g/mol. The number of rotatable bonds is 3. The summed E-state index contributed by atoms with van der Waals surface area (Å²) in [6, 6.07) is 4.72. The van der Waals surface area contributed by atoms with Crippen molar-refractivity contribution in [3.63, 3.8) is 0 Å². The van der Waals surface area contributed by atoms with Crippen molar-refractivity contribution in [1.29, 1.82) is 0 Å². The van der Waals surface area contributed by atoms with Gasteiger partial charge in [-0.3, -0.25) is 0 Å². The molecule has 1 unspecified atom stereocenters. The Morgan fingerprint density at radius 2 is 2.16 bits per heavy atom. The molecule has 1 aliphatic rings. The Labute approximate surface area is 135 Å². The highest BCUT2D eigenvalue weighted by atomic mass is 79.9. The second-order valence-electron chi connectivity index (χ2n) is 4.60. The summed E-state index contributed by atoms with van der Waals surface area (Å²) in [4.78, 5) is 0.291. The number of piperidine rings is 1. The Balaban J connectivity index is 2.28. The second-order valence-corrected chi connectivity index (χ2v) is 8.45. The maximum Gasteiger partial charge on any atom is 0.243 e. The zero-order valence-corrected chi connectivity index (χ0v) is 14.9. The molecule has 19 heavy (non-hydrogen) atoms. The molecule has 3 nitrogen and oxygen atoms in total. The molecule has 0 amide bonds. The van der Waals surface area contributed by atoms with Gasteiger partial charge < -0.3 is 0 Å². The minimum atomic E-state index is -3.42. The lowest BCUT2D eigenvalue weighted by molar-refractivity contribution is 0.285. The van der Waals surface area contributed by atoms with E-state index in [0.29, 0.717) is 33.4 Å². The van der Waals surface area contributed by atoms with E-state index in [1.165, 1.54) is 0 Å². The third-order valence-electron chi connectivity index (χ3n) is 3.23. The minimum absolute atomic E-state index is 0.291. The van der Waals surface area contributed by atoms with Crippen LogP contribution in [0.1, 0.15) is 12.8 Å². The molecule has 1 saturated heterocycles. The van der Waals surface area contributed by atoms with Gasteiger partial charge in [0, 0.05) is 22.9 Å². The average Bonchev–Trinajstić information content (AvgIpc) is 2.41. The predicted octanol–water partition coefficient (Wildman–Crippen LogP) is 3.90. The zero-order valence-electron chi connectivity index (χ0n) is 10.2. The third kappa shape index (κ3) is 3.53. The van der Waals surface area contributed by atoms with Crippen molar-refractivity contribution >= 4 is 53.5 Å². The largest absolute Gasteiger partial charge is 0.243 e. The van der Waals surface area contributed by atoms with Crippen molar-refractivity contribution in [2.24, 2.45) is 5.92 Å². The summed E-state index contributed by atoms with van der Waals surface area (Å²) < 4.78 is 27.3. The molecule has 1 fully saturated rings. The standard InChI is InChI=1S/C12H14Br2ClNO2S/c13-7-9-2-1-5-16(8-9)19(17,18)10-3-4-12(15)11(14)6-10/h3-4,6,9H,1-2,5,7-8H2. The van der Waals surface area contributed by atoms with Gasteiger partial charge in [-0.1, -0.05) is 27.5 Å². The summed E-state index contributed by atoms with van der Waals surface area (Å²) in [7, 11) is -3.42. The summed E-state index contributed by atoms with van der Waals surface area (Å²) in [6.07, 6.45) is 1.98. The molecule has 0 aliphatic carbocycles. The van der Waals surface area contributed by atoms with Crippen molar-refractivity contribution in [2.75, 3.05) is 18.4 Å². The first-order chi connectivity index (χ1) is 8.95. The van der Waals surface area contributed by atoms with Gasteiger partial charge in [0.1, 0.15) is 0 Å². The number of hydrogen-bond acceptors (Lipinski definition) is 2. The maximum absolute atomic E-state index is 12.6. The number of alkyl halides is 1. The molecule has 1 aliphatic heterocycles. The van der Waals surface area contributed by atoms with E-state index >= 15 is 0 Å². The van der Waals surface area contributed by atoms with Gasteiger partial charge >= 0.3 is 0 Å². The van der Waals surface area contributed by atoms with Gasteiger partial charge in [0.05, 0.1) is 9.92 Å². The molecule has 1 aromatic rings. The van der Waals surface area contributed by atoms with Crippen LogP contribution in [0, 0.1) is 5.92 Å². The molecule has 106 valence electrons. The lowest BCUT2D eigenvalue weighted by atomic mass is 10.0. The molecule has 1 atom stereocenters. The van der Waals surface area contributed by atoms with E-state index in [-0.39, 0.29) is 0 Å². The summed E-state index contributed by atoms with van der Waals surface area (Å²) in [5.74, 6) is 0.388. The molecule has 0 bridgehead atoms. The smallest absolute Gasteiger partial charge is 0.207 e. The summed E-state index contributed by atoms with van der Waals surface area (Å²) in [5, 5.41) is 1.35. The number of halogens is 3. The lowest BCUT2D eigenvalue weighted by Gasteiger charge is -2.31. The fraction of sp³-hybridized carbons (Fsp3) is 0.500. The summed E-state index contributed by atoms with van der Waals surface area (Å²) in [6.45, 7) is 1.17. The van der Waals surface area contributed by atoms with Crippen LogP contribution >= 0.6 is 43.5 Å². The molecule has 2 rings (SSSR count). The highest BCUT2D eigenvalue weighted by molar-refractivity contribution is 9.10. The zero-order chi connectivity index (χ0) is 14.0. The van der Waals surface area contributed by atoms with Crippen LogP contribution in [0.2, 0.25) is 5.02 Å². The Morgan fingerprint density at radius 3 is 2.79 bits per heavy atom. The van der Waals surface area contributed by atoms with Gasteiger partial charge in [0.25, 0.3) is 0 Å². The second kappa shape index (κ2) is 6.43. The Morgan fingerprint density at radius 1 is 1.42 bits per heavy atom. The van der Waals surface area contributed by atoms with Gasteiger partial charge in [-0.05, 0) is 52.9 Å². The fourth-order valence-electron chi connectivity index (χ4n) is 2.16. The van der Waals surface area contributed by atoms with E-state index in [1.54, 1.807) is 22.5 Å². The first kappa shape index (κ1) is 15.8. The predicted molar refractivity (Wildman–Crippen MR) is 84.4 cm³/mol. The van der Waals surface area contributed by atoms with Crippen LogP contribution < -0.4 is 0 Å². The van der Waals surface area contributed by atoms with Crippen LogP contribution in [0.25, 0.3) is 0 Å². The van der Waals surface area contributed by atoms with Gasteiger partial charge in [-0.15, -0.1) is 0 Å². The summed E-state index contributed by atoms with van der Waals surface area (Å²) in [5.41, 5.74) is 0. The van der Waals surface area contributed by atoms with Crippen LogP contribution in [0.3, 0.4) is 0 Å². The van der Waals surface area contributed by atoms with E-state index in [1.807, 2.05) is 0 Å². The van der Waals surface area contributed by atoms with Gasteiger partial charge in [0.15, 0.2) is 0 Å². The van der Waals surface area contributed by atoms with Gasteiger partial charge in [0.2, 0.25) is 10.0 Å². The molecule has 1 aromatic carbocycles. The van der Waals surface area contributed by atoms with Crippen LogP contribution in [0.4, 0.5) is 0 Å². The molecule has 0 radical (unpaired) electrons. The van der Waals surface area contributed by atoms with E-state index in [2.05, 4.69) is 31.9 Å². The van der Waals surface area contributed by atoms with E-state index in [4.69, 9.17) is 11.6 Å². The quantitative estimate of drug-likeness (QED) is 0.681. The molecule has 0 N–H and O–H groups in total. The Hall–Kier alpha value is 0.380. The highest BCUT2D eigenvalue weighted by Gasteiger charge is 2.30. The molecule has 0 saturated carbocycles. The van der Waals surface area contributed by atoms with Crippen molar-refractivity contribution in [1.82, 2.24) is 4.31 Å². The number of nitrogens with zero attached hydrogens (tertiary/aromatic N) is 1. The molecule has 0 spiro atoms. The van der Waals surface area contributed by atoms with E-state index in [9.17, 15) is 8.42 Å². The fourth-order valence-corrected chi connectivity index (χ4v) is 4.92. The Bertz CT molecular complexity index is 565. The highest BCUT2D eigenvalue weighted by Crippen LogP contribution is 2.29. The SMILES string of the molecule is O=S(=O)(c1ccc(Cl)c(Br)c1)N1CCCC(CBr)C1. The Kier molecular flexibility index (Phi) is 5.34. The third-order valence-corrected chi connectivity index (χ3v) is 7.22. The normalized spacial score (nSPS) is 21.5. The molecule has 1 heterocycles. The molecule has 0 aromatic heterocycles. The molecule has 7 heteroatoms. The molecular weight excluding hydrogens is 417 g/mol. The van der Waals surface area contributed by atoms with Crippen molar-refractivity contribution in [2.45, 2.75) is 17.7 Å². The number of sulfonamides is 1. The van der Waals surface area contributed by atoms with E-state index in [0.717, 1.165) is 18.2 Å². The van der Waals surface area contributed by atoms with Crippen molar-refractivity contribution in [3.8, 4) is 0 Å². The maximum atomic E-state index is 12.6. The number of benzene rings is 1. The van der Waals surface area contributed by atoms with E-state index < -0.39 is 10.0 Å². The first-order valence-corrected chi connectivity index (χ1v) is 9.69. The minimum Gasteiger partial charge on any atom is -0.207 e.